The van der Waals surface area contributed by atoms with Crippen LogP contribution in [0.2, 0.25) is 12.6 Å². The summed E-state index contributed by atoms with van der Waals surface area (Å²) >= 11 is 0. The maximum atomic E-state index is 2.67. The lowest BCUT2D eigenvalue weighted by atomic mass is 9.57. The van der Waals surface area contributed by atoms with Crippen molar-refractivity contribution in [1.82, 2.24) is 4.81 Å². The SMILES string of the molecule is CC(C)N(B1CCCC1)C(C)C. The zero-order valence-electron chi connectivity index (χ0n) is 9.01. The van der Waals surface area contributed by atoms with E-state index in [0.717, 1.165) is 6.85 Å². The minimum atomic E-state index is 0.716. The van der Waals surface area contributed by atoms with Crippen molar-refractivity contribution in [3.05, 3.63) is 0 Å². The third-order valence-corrected chi connectivity index (χ3v) is 2.94. The van der Waals surface area contributed by atoms with E-state index in [2.05, 4.69) is 32.5 Å². The molecule has 1 heterocycles. The number of hydrogen-bond acceptors (Lipinski definition) is 1. The van der Waals surface area contributed by atoms with E-state index in [1.165, 1.54) is 25.5 Å². The zero-order chi connectivity index (χ0) is 9.14. The van der Waals surface area contributed by atoms with Crippen molar-refractivity contribution in [2.45, 2.75) is 65.3 Å². The van der Waals surface area contributed by atoms with Gasteiger partial charge in [0, 0.05) is 0 Å². The number of rotatable bonds is 3. The van der Waals surface area contributed by atoms with Gasteiger partial charge < -0.3 is 4.81 Å². The second-order valence-electron chi connectivity index (χ2n) is 4.57. The molecule has 0 amide bonds. The molecule has 0 unspecified atom stereocenters. The molecular weight excluding hydrogens is 145 g/mol. The Morgan fingerprint density at radius 2 is 1.33 bits per heavy atom. The molecule has 1 aliphatic heterocycles. The lowest BCUT2D eigenvalue weighted by molar-refractivity contribution is 0.303. The topological polar surface area (TPSA) is 3.24 Å². The van der Waals surface area contributed by atoms with Crippen LogP contribution in [0.3, 0.4) is 0 Å². The Morgan fingerprint density at radius 1 is 0.917 bits per heavy atom. The van der Waals surface area contributed by atoms with Gasteiger partial charge in [-0.05, 0) is 12.1 Å². The average molecular weight is 167 g/mol. The Kier molecular flexibility index (Phi) is 3.63. The van der Waals surface area contributed by atoms with E-state index in [-0.39, 0.29) is 0 Å². The molecule has 0 aromatic carbocycles. The second kappa shape index (κ2) is 4.31. The maximum Gasteiger partial charge on any atom is 0.223 e. The molecule has 0 saturated carbocycles. The van der Waals surface area contributed by atoms with Crippen LogP contribution in [0.1, 0.15) is 40.5 Å². The highest BCUT2D eigenvalue weighted by Gasteiger charge is 2.29. The first kappa shape index (κ1) is 10.1. The largest absolute Gasteiger partial charge is 0.337 e. The molecule has 2 heteroatoms. The van der Waals surface area contributed by atoms with Crippen LogP contribution >= 0.6 is 0 Å². The summed E-state index contributed by atoms with van der Waals surface area (Å²) in [5.41, 5.74) is 0. The van der Waals surface area contributed by atoms with E-state index < -0.39 is 0 Å². The first-order valence-electron chi connectivity index (χ1n) is 5.40. The minimum absolute atomic E-state index is 0.716. The molecule has 0 bridgehead atoms. The molecule has 0 aliphatic carbocycles. The fourth-order valence-electron chi connectivity index (χ4n) is 2.64. The molecule has 70 valence electrons. The molecule has 1 fully saturated rings. The van der Waals surface area contributed by atoms with Gasteiger partial charge in [0.05, 0.1) is 0 Å². The maximum absolute atomic E-state index is 2.67. The van der Waals surface area contributed by atoms with Gasteiger partial charge in [-0.3, -0.25) is 0 Å². The Labute approximate surface area is 77.6 Å². The van der Waals surface area contributed by atoms with Crippen molar-refractivity contribution in [2.75, 3.05) is 0 Å². The molecule has 1 aliphatic rings. The summed E-state index contributed by atoms with van der Waals surface area (Å²) in [5.74, 6) is 0. The van der Waals surface area contributed by atoms with Crippen LogP contribution in [-0.4, -0.2) is 23.7 Å². The van der Waals surface area contributed by atoms with Gasteiger partial charge in [0.25, 0.3) is 0 Å². The molecule has 0 radical (unpaired) electrons. The monoisotopic (exact) mass is 167 g/mol. The normalized spacial score (nSPS) is 18.8. The molecule has 1 nitrogen and oxygen atoms in total. The smallest absolute Gasteiger partial charge is 0.223 e. The van der Waals surface area contributed by atoms with Crippen molar-refractivity contribution < 1.29 is 0 Å². The summed E-state index contributed by atoms with van der Waals surface area (Å²) in [4.78, 5) is 2.67. The van der Waals surface area contributed by atoms with E-state index >= 15 is 0 Å². The standard InChI is InChI=1S/C10H22BN/c1-9(2)12(10(3)4)11-7-5-6-8-11/h9-10H,5-8H2,1-4H3. The fraction of sp³-hybridized carbons (Fsp3) is 1.00. The highest BCUT2D eigenvalue weighted by Crippen LogP contribution is 2.25. The van der Waals surface area contributed by atoms with Crippen molar-refractivity contribution in [3.8, 4) is 0 Å². The highest BCUT2D eigenvalue weighted by atomic mass is 15.1. The molecule has 12 heavy (non-hydrogen) atoms. The molecule has 0 spiro atoms. The van der Waals surface area contributed by atoms with E-state index in [4.69, 9.17) is 0 Å². The van der Waals surface area contributed by atoms with Crippen LogP contribution in [0.15, 0.2) is 0 Å². The molecule has 1 saturated heterocycles. The van der Waals surface area contributed by atoms with Crippen molar-refractivity contribution >= 4 is 6.85 Å². The molecule has 0 aromatic rings. The predicted octanol–water partition coefficient (Wildman–Crippen LogP) is 2.89. The van der Waals surface area contributed by atoms with Crippen LogP contribution in [0.4, 0.5) is 0 Å². The van der Waals surface area contributed by atoms with Gasteiger partial charge in [-0.15, -0.1) is 0 Å². The van der Waals surface area contributed by atoms with Gasteiger partial charge in [0.1, 0.15) is 0 Å². The zero-order valence-corrected chi connectivity index (χ0v) is 9.01. The van der Waals surface area contributed by atoms with Crippen LogP contribution in [0.25, 0.3) is 0 Å². The highest BCUT2D eigenvalue weighted by molar-refractivity contribution is 6.56. The van der Waals surface area contributed by atoms with Crippen LogP contribution < -0.4 is 0 Å². The van der Waals surface area contributed by atoms with Gasteiger partial charge in [-0.1, -0.05) is 53.2 Å². The Morgan fingerprint density at radius 3 is 1.67 bits per heavy atom. The van der Waals surface area contributed by atoms with Gasteiger partial charge in [0.15, 0.2) is 0 Å². The summed E-state index contributed by atoms with van der Waals surface area (Å²) in [6.45, 7) is 10.2. The van der Waals surface area contributed by atoms with Gasteiger partial charge in [-0.2, -0.15) is 0 Å². The molecular formula is C10H22BN. The second-order valence-corrected chi connectivity index (χ2v) is 4.57. The molecule has 0 atom stereocenters. The van der Waals surface area contributed by atoms with Gasteiger partial charge >= 0.3 is 0 Å². The Balaban J connectivity index is 2.52. The minimum Gasteiger partial charge on any atom is -0.337 e. The third kappa shape index (κ3) is 2.26. The molecule has 0 N–H and O–H groups in total. The predicted molar refractivity (Wildman–Crippen MR) is 56.7 cm³/mol. The van der Waals surface area contributed by atoms with E-state index in [0.29, 0.717) is 12.1 Å². The third-order valence-electron chi connectivity index (χ3n) is 2.94. The molecule has 1 rings (SSSR count). The first-order chi connectivity index (χ1) is 5.63. The summed E-state index contributed by atoms with van der Waals surface area (Å²) in [6.07, 6.45) is 5.74. The average Bonchev–Trinajstić information content (AvgIpc) is 2.37. The number of hydrogen-bond donors (Lipinski definition) is 0. The Hall–Kier alpha value is 0.0249. The van der Waals surface area contributed by atoms with Crippen LogP contribution in [0, 0.1) is 0 Å². The first-order valence-corrected chi connectivity index (χ1v) is 5.40. The summed E-state index contributed by atoms with van der Waals surface area (Å²) in [5, 5.41) is 0. The van der Waals surface area contributed by atoms with Crippen molar-refractivity contribution in [1.29, 1.82) is 0 Å². The molecule has 0 aromatic heterocycles. The Bertz CT molecular complexity index is 120. The number of nitrogens with zero attached hydrogens (tertiary/aromatic N) is 1. The van der Waals surface area contributed by atoms with Crippen molar-refractivity contribution in [2.24, 2.45) is 0 Å². The van der Waals surface area contributed by atoms with E-state index in [1.54, 1.807) is 0 Å². The van der Waals surface area contributed by atoms with Gasteiger partial charge in [-0.25, -0.2) is 0 Å². The summed E-state index contributed by atoms with van der Waals surface area (Å²) in [6, 6.07) is 1.43. The lowest BCUT2D eigenvalue weighted by Crippen LogP contribution is -2.46. The van der Waals surface area contributed by atoms with E-state index in [1.807, 2.05) is 0 Å². The van der Waals surface area contributed by atoms with Gasteiger partial charge in [0.2, 0.25) is 6.85 Å². The van der Waals surface area contributed by atoms with Crippen LogP contribution in [0.5, 0.6) is 0 Å². The lowest BCUT2D eigenvalue weighted by Gasteiger charge is -2.34. The fourth-order valence-corrected chi connectivity index (χ4v) is 2.64. The van der Waals surface area contributed by atoms with Crippen LogP contribution in [-0.2, 0) is 0 Å². The van der Waals surface area contributed by atoms with E-state index in [9.17, 15) is 0 Å². The van der Waals surface area contributed by atoms with Crippen molar-refractivity contribution in [3.63, 3.8) is 0 Å². The summed E-state index contributed by atoms with van der Waals surface area (Å²) in [7, 11) is 0. The quantitative estimate of drug-likeness (QED) is 0.584. The summed E-state index contributed by atoms with van der Waals surface area (Å²) < 4.78 is 0.